The lowest BCUT2D eigenvalue weighted by molar-refractivity contribution is -0.187. The van der Waals surface area contributed by atoms with Crippen LogP contribution >= 0.6 is 0 Å². The van der Waals surface area contributed by atoms with Gasteiger partial charge in [-0.3, -0.25) is 4.79 Å². The Balaban J connectivity index is 1.66. The molecule has 3 aliphatic rings. The summed E-state index contributed by atoms with van der Waals surface area (Å²) in [6, 6.07) is 0. The summed E-state index contributed by atoms with van der Waals surface area (Å²) < 4.78 is 5.88. The van der Waals surface area contributed by atoms with Crippen LogP contribution in [-0.4, -0.2) is 22.8 Å². The molecule has 0 spiro atoms. The maximum absolute atomic E-state index is 12.3. The smallest absolute Gasteiger partial charge is 0.308 e. The van der Waals surface area contributed by atoms with Crippen molar-refractivity contribution in [2.75, 3.05) is 0 Å². The van der Waals surface area contributed by atoms with Crippen LogP contribution in [0.15, 0.2) is 0 Å². The molecular weight excluding hydrogens is 264 g/mol. The molecule has 1 N–H and O–H groups in total. The van der Waals surface area contributed by atoms with E-state index in [1.54, 1.807) is 0 Å². The van der Waals surface area contributed by atoms with E-state index >= 15 is 0 Å². The molecular formula is C18H30O3. The quantitative estimate of drug-likeness (QED) is 0.807. The van der Waals surface area contributed by atoms with Crippen LogP contribution in [0.2, 0.25) is 0 Å². The highest BCUT2D eigenvalue weighted by atomic mass is 16.5. The van der Waals surface area contributed by atoms with Gasteiger partial charge in [-0.15, -0.1) is 0 Å². The number of ether oxygens (including phenoxy) is 1. The first-order valence-electron chi connectivity index (χ1n) is 8.79. The van der Waals surface area contributed by atoms with E-state index in [4.69, 9.17) is 4.74 Å². The van der Waals surface area contributed by atoms with Gasteiger partial charge in [-0.2, -0.15) is 0 Å². The van der Waals surface area contributed by atoms with Gasteiger partial charge in [0.2, 0.25) is 0 Å². The van der Waals surface area contributed by atoms with Gasteiger partial charge in [0, 0.05) is 6.42 Å². The summed E-state index contributed by atoms with van der Waals surface area (Å²) in [5.41, 5.74) is -0.559. The average molecular weight is 294 g/mol. The molecule has 0 saturated heterocycles. The van der Waals surface area contributed by atoms with Crippen LogP contribution in [0.25, 0.3) is 0 Å². The second-order valence-electron chi connectivity index (χ2n) is 8.45. The van der Waals surface area contributed by atoms with E-state index in [1.165, 1.54) is 19.3 Å². The van der Waals surface area contributed by atoms with Crippen molar-refractivity contribution in [3.63, 3.8) is 0 Å². The van der Waals surface area contributed by atoms with Crippen molar-refractivity contribution in [2.45, 2.75) is 77.4 Å². The minimum absolute atomic E-state index is 0.0299. The standard InChI is InChI=1S/C18H30O3/c1-11(2)6-12(3)17(19)21-16-10-18(20)8-13-4-5-15(16)14(7-13)9-18/h11-16,20H,4-10H2,1-3H3. The Hall–Kier alpha value is -0.570. The van der Waals surface area contributed by atoms with Crippen LogP contribution in [0, 0.1) is 29.6 Å². The third-order valence-corrected chi connectivity index (χ3v) is 6.01. The van der Waals surface area contributed by atoms with Gasteiger partial charge in [-0.05, 0) is 62.2 Å². The Morgan fingerprint density at radius 1 is 1.24 bits per heavy atom. The molecule has 3 bridgehead atoms. The van der Waals surface area contributed by atoms with Crippen molar-refractivity contribution in [2.24, 2.45) is 29.6 Å². The molecule has 0 amide bonds. The minimum Gasteiger partial charge on any atom is -0.462 e. The predicted molar refractivity (Wildman–Crippen MR) is 81.6 cm³/mol. The zero-order valence-electron chi connectivity index (χ0n) is 13.7. The van der Waals surface area contributed by atoms with Gasteiger partial charge in [0.05, 0.1) is 11.5 Å². The highest BCUT2D eigenvalue weighted by molar-refractivity contribution is 5.72. The number of rotatable bonds is 4. The number of fused-ring (bicyclic) bond motifs is 2. The molecule has 0 aromatic carbocycles. The monoisotopic (exact) mass is 294 g/mol. The fourth-order valence-corrected chi connectivity index (χ4v) is 5.29. The van der Waals surface area contributed by atoms with Crippen molar-refractivity contribution in [1.29, 1.82) is 0 Å². The van der Waals surface area contributed by atoms with Crippen LogP contribution in [0.4, 0.5) is 0 Å². The molecule has 0 aromatic rings. The summed E-state index contributed by atoms with van der Waals surface area (Å²) in [7, 11) is 0. The van der Waals surface area contributed by atoms with Gasteiger partial charge < -0.3 is 9.84 Å². The number of hydrogen-bond acceptors (Lipinski definition) is 3. The molecule has 3 fully saturated rings. The largest absolute Gasteiger partial charge is 0.462 e. The minimum atomic E-state index is -0.559. The van der Waals surface area contributed by atoms with Gasteiger partial charge in [0.25, 0.3) is 0 Å². The highest BCUT2D eigenvalue weighted by Crippen LogP contribution is 2.54. The van der Waals surface area contributed by atoms with Crippen molar-refractivity contribution in [3.8, 4) is 0 Å². The summed E-state index contributed by atoms with van der Waals surface area (Å²) in [5.74, 6) is 2.21. The first kappa shape index (κ1) is 15.3. The molecule has 0 heterocycles. The summed E-state index contributed by atoms with van der Waals surface area (Å²) in [6.07, 6.45) is 6.99. The molecule has 3 heteroatoms. The van der Waals surface area contributed by atoms with E-state index in [1.807, 2.05) is 6.92 Å². The molecule has 0 radical (unpaired) electrons. The summed E-state index contributed by atoms with van der Waals surface area (Å²) in [6.45, 7) is 6.25. The normalized spacial score (nSPS) is 42.9. The average Bonchev–Trinajstić information content (AvgIpc) is 2.35. The van der Waals surface area contributed by atoms with E-state index in [0.717, 1.165) is 19.3 Å². The third-order valence-electron chi connectivity index (χ3n) is 6.01. The van der Waals surface area contributed by atoms with E-state index in [-0.39, 0.29) is 18.0 Å². The Kier molecular flexibility index (Phi) is 4.06. The van der Waals surface area contributed by atoms with Crippen molar-refractivity contribution in [1.82, 2.24) is 0 Å². The van der Waals surface area contributed by atoms with Crippen molar-refractivity contribution in [3.05, 3.63) is 0 Å². The predicted octanol–water partition coefficient (Wildman–Crippen LogP) is 3.54. The van der Waals surface area contributed by atoms with Crippen LogP contribution in [0.5, 0.6) is 0 Å². The molecule has 3 aliphatic carbocycles. The molecule has 3 nitrogen and oxygen atoms in total. The molecule has 6 unspecified atom stereocenters. The van der Waals surface area contributed by atoms with Crippen LogP contribution in [0.3, 0.4) is 0 Å². The Bertz CT molecular complexity index is 401. The lowest BCUT2D eigenvalue weighted by Crippen LogP contribution is -2.55. The Morgan fingerprint density at radius 3 is 2.71 bits per heavy atom. The second kappa shape index (κ2) is 5.57. The molecule has 0 aliphatic heterocycles. The maximum atomic E-state index is 12.3. The van der Waals surface area contributed by atoms with Gasteiger partial charge in [-0.1, -0.05) is 20.8 Å². The van der Waals surface area contributed by atoms with Gasteiger partial charge in [0.15, 0.2) is 0 Å². The van der Waals surface area contributed by atoms with Gasteiger partial charge in [-0.25, -0.2) is 0 Å². The topological polar surface area (TPSA) is 46.5 Å². The number of carbonyl (C=O) groups is 1. The van der Waals surface area contributed by atoms with Gasteiger partial charge >= 0.3 is 5.97 Å². The number of aliphatic hydroxyl groups is 1. The second-order valence-corrected chi connectivity index (χ2v) is 8.45. The van der Waals surface area contributed by atoms with Crippen LogP contribution in [-0.2, 0) is 9.53 Å². The SMILES string of the molecule is CC(C)CC(C)C(=O)OC1CC2(O)CC3CCC1C(C3)C2. The van der Waals surface area contributed by atoms with Crippen LogP contribution < -0.4 is 0 Å². The van der Waals surface area contributed by atoms with Crippen molar-refractivity contribution >= 4 is 5.97 Å². The van der Waals surface area contributed by atoms with E-state index in [0.29, 0.717) is 30.1 Å². The highest BCUT2D eigenvalue weighted by Gasteiger charge is 2.53. The molecule has 6 atom stereocenters. The summed E-state index contributed by atoms with van der Waals surface area (Å²) in [5, 5.41) is 10.8. The molecule has 120 valence electrons. The number of esters is 1. The fraction of sp³-hybridized carbons (Fsp3) is 0.944. The Morgan fingerprint density at radius 2 is 2.00 bits per heavy atom. The molecule has 3 rings (SSSR count). The molecule has 0 aromatic heterocycles. The zero-order valence-corrected chi connectivity index (χ0v) is 13.7. The van der Waals surface area contributed by atoms with E-state index < -0.39 is 5.60 Å². The number of carbonyl (C=O) groups excluding carboxylic acids is 1. The zero-order chi connectivity index (χ0) is 15.2. The van der Waals surface area contributed by atoms with Crippen molar-refractivity contribution < 1.29 is 14.6 Å². The first-order valence-corrected chi connectivity index (χ1v) is 8.79. The van der Waals surface area contributed by atoms with E-state index in [9.17, 15) is 9.90 Å². The van der Waals surface area contributed by atoms with Gasteiger partial charge in [0.1, 0.15) is 6.10 Å². The van der Waals surface area contributed by atoms with Crippen LogP contribution in [0.1, 0.15) is 65.7 Å². The fourth-order valence-electron chi connectivity index (χ4n) is 5.29. The van der Waals surface area contributed by atoms with E-state index in [2.05, 4.69) is 13.8 Å². The lowest BCUT2D eigenvalue weighted by atomic mass is 9.55. The first-order chi connectivity index (χ1) is 9.86. The molecule has 21 heavy (non-hydrogen) atoms. The molecule has 3 saturated carbocycles. The summed E-state index contributed by atoms with van der Waals surface area (Å²) in [4.78, 5) is 12.3. The third kappa shape index (κ3) is 3.13. The maximum Gasteiger partial charge on any atom is 0.308 e. The Labute approximate surface area is 128 Å². The summed E-state index contributed by atoms with van der Waals surface area (Å²) >= 11 is 0. The lowest BCUT2D eigenvalue weighted by Gasteiger charge is -2.55. The number of hydrogen-bond donors (Lipinski definition) is 1.